The zero-order chi connectivity index (χ0) is 13.4. The molecule has 17 heavy (non-hydrogen) atoms. The summed E-state index contributed by atoms with van der Waals surface area (Å²) in [5.41, 5.74) is 5.63. The minimum Gasteiger partial charge on any atom is -0.328 e. The third kappa shape index (κ3) is 7.77. The molecule has 1 fully saturated rings. The molecule has 0 spiro atoms. The lowest BCUT2D eigenvalue weighted by Crippen LogP contribution is -2.42. The van der Waals surface area contributed by atoms with Gasteiger partial charge in [0, 0.05) is 24.2 Å². The average Bonchev–Trinajstić information content (AvgIpc) is 2.17. The Kier molecular flexibility index (Phi) is 8.89. The van der Waals surface area contributed by atoms with Gasteiger partial charge in [0.25, 0.3) is 0 Å². The summed E-state index contributed by atoms with van der Waals surface area (Å²) in [6, 6.07) is 2.54. The molecular formula is C15H34N2. The molecule has 0 atom stereocenters. The van der Waals surface area contributed by atoms with E-state index in [4.69, 9.17) is 5.73 Å². The summed E-state index contributed by atoms with van der Waals surface area (Å²) in [4.78, 5) is 2.50. The zero-order valence-electron chi connectivity index (χ0n) is 12.9. The minimum atomic E-state index is 0.536. The highest BCUT2D eigenvalue weighted by Gasteiger charge is 2.15. The van der Waals surface area contributed by atoms with E-state index in [1.165, 1.54) is 32.1 Å². The van der Waals surface area contributed by atoms with Gasteiger partial charge in [0.2, 0.25) is 0 Å². The predicted octanol–water partition coefficient (Wildman–Crippen LogP) is 3.79. The molecule has 0 radical (unpaired) electrons. The van der Waals surface area contributed by atoms with E-state index in [9.17, 15) is 0 Å². The van der Waals surface area contributed by atoms with Gasteiger partial charge in [-0.15, -0.1) is 0 Å². The van der Waals surface area contributed by atoms with Crippen molar-refractivity contribution in [2.24, 2.45) is 5.73 Å². The van der Waals surface area contributed by atoms with Crippen LogP contribution in [0.25, 0.3) is 0 Å². The van der Waals surface area contributed by atoms with Crippen molar-refractivity contribution in [1.82, 2.24) is 4.90 Å². The highest BCUT2D eigenvalue weighted by Crippen LogP contribution is 2.14. The van der Waals surface area contributed by atoms with E-state index in [0.29, 0.717) is 24.2 Å². The monoisotopic (exact) mass is 242 g/mol. The van der Waals surface area contributed by atoms with Crippen LogP contribution in [0.3, 0.4) is 0 Å². The molecule has 0 saturated heterocycles. The Hall–Kier alpha value is -0.0800. The van der Waals surface area contributed by atoms with Crippen LogP contribution in [0.15, 0.2) is 0 Å². The van der Waals surface area contributed by atoms with Gasteiger partial charge in [-0.1, -0.05) is 19.3 Å². The smallest absolute Gasteiger partial charge is 0.00439 e. The predicted molar refractivity (Wildman–Crippen MR) is 78.3 cm³/mol. The van der Waals surface area contributed by atoms with Crippen molar-refractivity contribution in [3.63, 3.8) is 0 Å². The first-order valence-electron chi connectivity index (χ1n) is 7.39. The molecule has 0 unspecified atom stereocenters. The van der Waals surface area contributed by atoms with Crippen LogP contribution in [0.4, 0.5) is 0 Å². The number of hydrogen-bond donors (Lipinski definition) is 1. The Morgan fingerprint density at radius 3 is 1.24 bits per heavy atom. The van der Waals surface area contributed by atoms with Gasteiger partial charge in [-0.2, -0.15) is 0 Å². The molecule has 0 aromatic rings. The van der Waals surface area contributed by atoms with E-state index in [1.54, 1.807) is 0 Å². The van der Waals surface area contributed by atoms with Gasteiger partial charge < -0.3 is 5.73 Å². The largest absolute Gasteiger partial charge is 0.328 e. The van der Waals surface area contributed by atoms with Gasteiger partial charge in [-0.25, -0.2) is 0 Å². The lowest BCUT2D eigenvalue weighted by Gasteiger charge is -2.34. The van der Waals surface area contributed by atoms with Crippen LogP contribution in [0.5, 0.6) is 0 Å². The van der Waals surface area contributed by atoms with Crippen LogP contribution in [-0.2, 0) is 0 Å². The Bertz CT molecular complexity index is 151. The maximum Gasteiger partial charge on any atom is 0.00439 e. The fourth-order valence-corrected chi connectivity index (χ4v) is 2.92. The van der Waals surface area contributed by atoms with Crippen molar-refractivity contribution < 1.29 is 0 Å². The maximum absolute atomic E-state index is 5.63. The van der Waals surface area contributed by atoms with Crippen molar-refractivity contribution in [3.8, 4) is 0 Å². The van der Waals surface area contributed by atoms with E-state index in [2.05, 4.69) is 46.4 Å². The van der Waals surface area contributed by atoms with Gasteiger partial charge in [0.15, 0.2) is 0 Å². The molecule has 104 valence electrons. The van der Waals surface area contributed by atoms with Crippen molar-refractivity contribution in [2.45, 2.75) is 97.8 Å². The fourth-order valence-electron chi connectivity index (χ4n) is 2.92. The highest BCUT2D eigenvalue weighted by atomic mass is 15.2. The first-order valence-corrected chi connectivity index (χ1v) is 7.39. The van der Waals surface area contributed by atoms with Gasteiger partial charge >= 0.3 is 0 Å². The molecule has 1 aliphatic rings. The summed E-state index contributed by atoms with van der Waals surface area (Å²) >= 11 is 0. The summed E-state index contributed by atoms with van der Waals surface area (Å²) in [6.45, 7) is 13.5. The summed E-state index contributed by atoms with van der Waals surface area (Å²) in [5.74, 6) is 0. The molecule has 2 heteroatoms. The Morgan fingerprint density at radius 2 is 1.12 bits per heavy atom. The minimum absolute atomic E-state index is 0.536. The van der Waals surface area contributed by atoms with Crippen LogP contribution >= 0.6 is 0 Å². The molecular weight excluding hydrogens is 208 g/mol. The molecule has 0 aromatic heterocycles. The lowest BCUT2D eigenvalue weighted by molar-refractivity contribution is 0.133. The third-order valence-corrected chi connectivity index (χ3v) is 3.44. The molecule has 0 aromatic carbocycles. The number of nitrogens with two attached hydrogens (primary N) is 1. The molecule has 1 rings (SSSR count). The van der Waals surface area contributed by atoms with Crippen LogP contribution in [0.2, 0.25) is 0 Å². The van der Waals surface area contributed by atoms with E-state index < -0.39 is 0 Å². The molecule has 2 N–H and O–H groups in total. The van der Waals surface area contributed by atoms with Gasteiger partial charge in [-0.05, 0) is 54.4 Å². The van der Waals surface area contributed by atoms with Gasteiger partial charge in [0.1, 0.15) is 0 Å². The van der Waals surface area contributed by atoms with Crippen molar-refractivity contribution in [3.05, 3.63) is 0 Å². The van der Waals surface area contributed by atoms with Crippen LogP contribution in [0.1, 0.15) is 73.6 Å². The quantitative estimate of drug-likeness (QED) is 0.816. The molecule has 0 aliphatic heterocycles. The SMILES string of the molecule is CC(C)N(C(C)C)C(C)C.NC1CCCCC1. The number of nitrogens with zero attached hydrogens (tertiary/aromatic N) is 1. The van der Waals surface area contributed by atoms with Crippen LogP contribution < -0.4 is 5.73 Å². The second-order valence-corrected chi connectivity index (χ2v) is 6.13. The highest BCUT2D eigenvalue weighted by molar-refractivity contribution is 4.70. The number of hydrogen-bond acceptors (Lipinski definition) is 2. The van der Waals surface area contributed by atoms with E-state index in [0.717, 1.165) is 0 Å². The van der Waals surface area contributed by atoms with Gasteiger partial charge in [0.05, 0.1) is 0 Å². The molecule has 1 aliphatic carbocycles. The maximum atomic E-state index is 5.63. The third-order valence-electron chi connectivity index (χ3n) is 3.44. The van der Waals surface area contributed by atoms with Crippen molar-refractivity contribution >= 4 is 0 Å². The summed E-state index contributed by atoms with van der Waals surface area (Å²) in [7, 11) is 0. The second kappa shape index (κ2) is 8.93. The molecule has 0 bridgehead atoms. The normalized spacial score (nSPS) is 17.8. The lowest BCUT2D eigenvalue weighted by atomic mass is 9.97. The van der Waals surface area contributed by atoms with Crippen molar-refractivity contribution in [2.75, 3.05) is 0 Å². The standard InChI is InChI=1S/C9H21N.C6H13N/c1-7(2)10(8(3)4)9(5)6;7-6-4-2-1-3-5-6/h7-9H,1-6H3;6H,1-5,7H2. The molecule has 0 amide bonds. The topological polar surface area (TPSA) is 29.3 Å². The molecule has 1 saturated carbocycles. The summed E-state index contributed by atoms with van der Waals surface area (Å²) in [6.07, 6.45) is 6.66. The van der Waals surface area contributed by atoms with E-state index >= 15 is 0 Å². The second-order valence-electron chi connectivity index (χ2n) is 6.13. The molecule has 0 heterocycles. The number of rotatable bonds is 3. The Morgan fingerprint density at radius 1 is 0.765 bits per heavy atom. The van der Waals surface area contributed by atoms with Crippen LogP contribution in [0, 0.1) is 0 Å². The van der Waals surface area contributed by atoms with Gasteiger partial charge in [-0.3, -0.25) is 4.90 Å². The Balaban J connectivity index is 0.000000318. The van der Waals surface area contributed by atoms with Crippen molar-refractivity contribution in [1.29, 1.82) is 0 Å². The summed E-state index contributed by atoms with van der Waals surface area (Å²) in [5, 5.41) is 0. The average molecular weight is 242 g/mol. The first-order chi connectivity index (χ1) is 7.86. The van der Waals surface area contributed by atoms with E-state index in [1.807, 2.05) is 0 Å². The summed E-state index contributed by atoms with van der Waals surface area (Å²) < 4.78 is 0. The van der Waals surface area contributed by atoms with Crippen LogP contribution in [-0.4, -0.2) is 29.1 Å². The molecule has 2 nitrogen and oxygen atoms in total. The zero-order valence-corrected chi connectivity index (χ0v) is 12.9. The Labute approximate surface area is 109 Å². The first kappa shape index (κ1) is 16.9. The fraction of sp³-hybridized carbons (Fsp3) is 1.00. The van der Waals surface area contributed by atoms with E-state index in [-0.39, 0.29) is 0 Å².